The second kappa shape index (κ2) is 5.48. The molecule has 98 valence electrons. The molecule has 18 heavy (non-hydrogen) atoms. The number of rotatable bonds is 3. The summed E-state index contributed by atoms with van der Waals surface area (Å²) in [5.41, 5.74) is 0.669. The second-order valence-electron chi connectivity index (χ2n) is 5.32. The molecule has 1 aliphatic heterocycles. The van der Waals surface area contributed by atoms with Crippen LogP contribution in [-0.4, -0.2) is 35.9 Å². The third kappa shape index (κ3) is 2.88. The van der Waals surface area contributed by atoms with Crippen molar-refractivity contribution in [3.05, 3.63) is 30.1 Å². The van der Waals surface area contributed by atoms with Gasteiger partial charge in [-0.2, -0.15) is 0 Å². The monoisotopic (exact) mass is 247 g/mol. The molecule has 0 bridgehead atoms. The largest absolute Gasteiger partial charge is 0.339 e. The molecule has 0 radical (unpaired) electrons. The third-order valence-electron chi connectivity index (χ3n) is 3.59. The normalized spacial score (nSPS) is 23.7. The zero-order valence-corrected chi connectivity index (χ0v) is 11.1. The first-order valence-electron chi connectivity index (χ1n) is 6.48. The average Bonchev–Trinajstić information content (AvgIpc) is 2.40. The smallest absolute Gasteiger partial charge is 0.229 e. The topological polar surface area (TPSA) is 45.2 Å². The van der Waals surface area contributed by atoms with Gasteiger partial charge in [0.15, 0.2) is 0 Å². The van der Waals surface area contributed by atoms with Gasteiger partial charge >= 0.3 is 0 Å². The van der Waals surface area contributed by atoms with Crippen molar-refractivity contribution in [1.29, 1.82) is 0 Å². The number of nitrogens with zero attached hydrogens (tertiary/aromatic N) is 2. The Morgan fingerprint density at radius 3 is 3.00 bits per heavy atom. The Morgan fingerprint density at radius 2 is 2.39 bits per heavy atom. The van der Waals surface area contributed by atoms with Gasteiger partial charge in [-0.1, -0.05) is 6.07 Å². The molecular weight excluding hydrogens is 226 g/mol. The number of pyridine rings is 1. The summed E-state index contributed by atoms with van der Waals surface area (Å²) in [6, 6.07) is 5.79. The molecule has 1 saturated heterocycles. The number of hydrogen-bond donors (Lipinski definition) is 1. The zero-order chi connectivity index (χ0) is 13.0. The lowest BCUT2D eigenvalue weighted by Crippen LogP contribution is -2.49. The lowest BCUT2D eigenvalue weighted by Gasteiger charge is -2.35. The molecule has 0 aromatic carbocycles. The van der Waals surface area contributed by atoms with E-state index in [9.17, 15) is 4.79 Å². The molecule has 2 rings (SSSR count). The summed E-state index contributed by atoms with van der Waals surface area (Å²) in [5.74, 6) is 0.209. The second-order valence-corrected chi connectivity index (χ2v) is 5.32. The van der Waals surface area contributed by atoms with E-state index in [0.29, 0.717) is 6.54 Å². The van der Waals surface area contributed by atoms with Gasteiger partial charge in [0.2, 0.25) is 5.91 Å². The zero-order valence-electron chi connectivity index (χ0n) is 11.1. The summed E-state index contributed by atoms with van der Waals surface area (Å²) in [6.45, 7) is 4.43. The van der Waals surface area contributed by atoms with E-state index in [1.807, 2.05) is 25.2 Å². The highest BCUT2D eigenvalue weighted by molar-refractivity contribution is 5.82. The van der Waals surface area contributed by atoms with Crippen molar-refractivity contribution in [2.75, 3.05) is 20.1 Å². The Labute approximate surface area is 108 Å². The van der Waals surface area contributed by atoms with Crippen LogP contribution in [0.15, 0.2) is 24.4 Å². The molecule has 1 N–H and O–H groups in total. The first-order chi connectivity index (χ1) is 8.62. The van der Waals surface area contributed by atoms with Crippen LogP contribution in [0.4, 0.5) is 0 Å². The molecule has 1 aromatic heterocycles. The molecule has 0 saturated carbocycles. The van der Waals surface area contributed by atoms with Crippen LogP contribution in [0, 0.1) is 5.41 Å². The van der Waals surface area contributed by atoms with Crippen LogP contribution in [0.3, 0.4) is 0 Å². The van der Waals surface area contributed by atoms with Gasteiger partial charge in [-0.3, -0.25) is 9.78 Å². The molecule has 4 heteroatoms. The Hall–Kier alpha value is -1.42. The van der Waals surface area contributed by atoms with E-state index in [2.05, 4.69) is 17.2 Å². The van der Waals surface area contributed by atoms with Gasteiger partial charge in [0, 0.05) is 19.8 Å². The summed E-state index contributed by atoms with van der Waals surface area (Å²) in [7, 11) is 1.86. The fourth-order valence-electron chi connectivity index (χ4n) is 2.51. The Bertz CT molecular complexity index is 399. The van der Waals surface area contributed by atoms with Crippen molar-refractivity contribution >= 4 is 5.91 Å². The minimum absolute atomic E-state index is 0.209. The fourth-order valence-corrected chi connectivity index (χ4v) is 2.51. The van der Waals surface area contributed by atoms with Crippen LogP contribution in [0.1, 0.15) is 25.5 Å². The van der Waals surface area contributed by atoms with Crippen LogP contribution in [0.25, 0.3) is 0 Å². The van der Waals surface area contributed by atoms with Crippen molar-refractivity contribution in [3.63, 3.8) is 0 Å². The number of carbonyl (C=O) groups is 1. The van der Waals surface area contributed by atoms with Gasteiger partial charge in [0.05, 0.1) is 17.7 Å². The number of hydrogen-bond acceptors (Lipinski definition) is 3. The van der Waals surface area contributed by atoms with Gasteiger partial charge in [-0.05, 0) is 38.4 Å². The third-order valence-corrected chi connectivity index (χ3v) is 3.59. The lowest BCUT2D eigenvalue weighted by atomic mass is 9.81. The number of nitrogens with one attached hydrogen (secondary N) is 1. The van der Waals surface area contributed by atoms with Crippen molar-refractivity contribution in [3.8, 4) is 0 Å². The average molecular weight is 247 g/mol. The van der Waals surface area contributed by atoms with Gasteiger partial charge < -0.3 is 10.2 Å². The van der Waals surface area contributed by atoms with Gasteiger partial charge in [-0.25, -0.2) is 0 Å². The SMILES string of the molecule is CN(Cc1ccccn1)C(=O)C1(C)CCCNC1. The van der Waals surface area contributed by atoms with Crippen molar-refractivity contribution in [2.45, 2.75) is 26.3 Å². The molecule has 2 heterocycles. The van der Waals surface area contributed by atoms with Crippen LogP contribution in [-0.2, 0) is 11.3 Å². The number of aromatic nitrogens is 1. The highest BCUT2D eigenvalue weighted by atomic mass is 16.2. The lowest BCUT2D eigenvalue weighted by molar-refractivity contribution is -0.141. The maximum atomic E-state index is 12.5. The molecule has 4 nitrogen and oxygen atoms in total. The maximum absolute atomic E-state index is 12.5. The van der Waals surface area contributed by atoms with Gasteiger partial charge in [0.25, 0.3) is 0 Å². The van der Waals surface area contributed by atoms with Crippen LogP contribution in [0.2, 0.25) is 0 Å². The van der Waals surface area contributed by atoms with E-state index in [4.69, 9.17) is 0 Å². The highest BCUT2D eigenvalue weighted by Gasteiger charge is 2.36. The minimum Gasteiger partial charge on any atom is -0.339 e. The molecule has 1 aromatic rings. The van der Waals surface area contributed by atoms with Crippen LogP contribution in [0.5, 0.6) is 0 Å². The quantitative estimate of drug-likeness (QED) is 0.879. The molecule has 1 aliphatic rings. The highest BCUT2D eigenvalue weighted by Crippen LogP contribution is 2.27. The predicted molar refractivity (Wildman–Crippen MR) is 70.9 cm³/mol. The van der Waals surface area contributed by atoms with Crippen molar-refractivity contribution < 1.29 is 4.79 Å². The molecule has 1 amide bonds. The number of amides is 1. The summed E-state index contributed by atoms with van der Waals surface area (Å²) in [4.78, 5) is 18.5. The summed E-state index contributed by atoms with van der Waals surface area (Å²) >= 11 is 0. The van der Waals surface area contributed by atoms with E-state index >= 15 is 0 Å². The molecule has 0 aliphatic carbocycles. The first kappa shape index (κ1) is 13.0. The van der Waals surface area contributed by atoms with Gasteiger partial charge in [0.1, 0.15) is 0 Å². The Morgan fingerprint density at radius 1 is 1.56 bits per heavy atom. The Kier molecular flexibility index (Phi) is 3.97. The van der Waals surface area contributed by atoms with E-state index in [0.717, 1.165) is 31.6 Å². The van der Waals surface area contributed by atoms with Crippen molar-refractivity contribution in [1.82, 2.24) is 15.2 Å². The summed E-state index contributed by atoms with van der Waals surface area (Å²) in [6.07, 6.45) is 3.79. The van der Waals surface area contributed by atoms with Crippen molar-refractivity contribution in [2.24, 2.45) is 5.41 Å². The molecule has 1 unspecified atom stereocenters. The molecule has 1 fully saturated rings. The Balaban J connectivity index is 2.00. The maximum Gasteiger partial charge on any atom is 0.229 e. The number of carbonyl (C=O) groups excluding carboxylic acids is 1. The van der Waals surface area contributed by atoms with Crippen LogP contribution >= 0.6 is 0 Å². The summed E-state index contributed by atoms with van der Waals surface area (Å²) < 4.78 is 0. The first-order valence-corrected chi connectivity index (χ1v) is 6.48. The van der Waals surface area contributed by atoms with E-state index < -0.39 is 0 Å². The van der Waals surface area contributed by atoms with E-state index in [1.54, 1.807) is 11.1 Å². The standard InChI is InChI=1S/C14H21N3O/c1-14(7-5-8-15-11-14)13(18)17(2)10-12-6-3-4-9-16-12/h3-4,6,9,15H,5,7-8,10-11H2,1-2H3. The summed E-state index contributed by atoms with van der Waals surface area (Å²) in [5, 5.41) is 3.31. The molecule has 1 atom stereocenters. The molecule has 0 spiro atoms. The fraction of sp³-hybridized carbons (Fsp3) is 0.571. The molecular formula is C14H21N3O. The minimum atomic E-state index is -0.262. The van der Waals surface area contributed by atoms with Crippen LogP contribution < -0.4 is 5.32 Å². The van der Waals surface area contributed by atoms with E-state index in [-0.39, 0.29) is 11.3 Å². The van der Waals surface area contributed by atoms with Gasteiger partial charge in [-0.15, -0.1) is 0 Å². The van der Waals surface area contributed by atoms with E-state index in [1.165, 1.54) is 0 Å². The predicted octanol–water partition coefficient (Wildman–Crippen LogP) is 1.43. The number of piperidine rings is 1.